The quantitative estimate of drug-likeness (QED) is 0.256. The van der Waals surface area contributed by atoms with Crippen LogP contribution in [0.15, 0.2) is 132 Å². The van der Waals surface area contributed by atoms with Crippen molar-refractivity contribution in [2.45, 2.75) is 0 Å². The van der Waals surface area contributed by atoms with E-state index in [1.54, 1.807) is 0 Å². The number of fused-ring (bicyclic) bond motifs is 3. The summed E-state index contributed by atoms with van der Waals surface area (Å²) in [4.78, 5) is 14.5. The summed E-state index contributed by atoms with van der Waals surface area (Å²) >= 11 is 0. The molecule has 4 heteroatoms. The number of aromatic nitrogens is 3. The molecule has 0 aliphatic heterocycles. The molecule has 0 unspecified atom stereocenters. The molecule has 0 N–H and O–H groups in total. The zero-order valence-corrected chi connectivity index (χ0v) is 19.9. The van der Waals surface area contributed by atoms with Gasteiger partial charge in [0, 0.05) is 27.5 Å². The molecule has 7 rings (SSSR count). The van der Waals surface area contributed by atoms with Crippen molar-refractivity contribution in [3.05, 3.63) is 127 Å². The first-order valence-electron chi connectivity index (χ1n) is 12.2. The summed E-state index contributed by atoms with van der Waals surface area (Å²) in [7, 11) is 0. The Morgan fingerprint density at radius 2 is 0.946 bits per heavy atom. The van der Waals surface area contributed by atoms with E-state index in [0.29, 0.717) is 17.5 Å². The van der Waals surface area contributed by atoms with Gasteiger partial charge in [0.2, 0.25) is 0 Å². The van der Waals surface area contributed by atoms with Crippen LogP contribution in [0.1, 0.15) is 0 Å². The third-order valence-electron chi connectivity index (χ3n) is 6.54. The highest BCUT2D eigenvalue weighted by Crippen LogP contribution is 2.38. The van der Waals surface area contributed by atoms with Gasteiger partial charge in [-0.25, -0.2) is 15.0 Å². The molecule has 2 heterocycles. The maximum Gasteiger partial charge on any atom is 0.164 e. The monoisotopic (exact) mass is 475 g/mol. The van der Waals surface area contributed by atoms with E-state index in [9.17, 15) is 0 Å². The molecule has 0 aliphatic rings. The Balaban J connectivity index is 1.41. The lowest BCUT2D eigenvalue weighted by atomic mass is 9.99. The van der Waals surface area contributed by atoms with Crippen molar-refractivity contribution in [3.8, 4) is 45.3 Å². The molecule has 2 aromatic heterocycles. The molecule has 174 valence electrons. The van der Waals surface area contributed by atoms with Crippen LogP contribution in [0.2, 0.25) is 0 Å². The van der Waals surface area contributed by atoms with Gasteiger partial charge in [-0.15, -0.1) is 0 Å². The summed E-state index contributed by atoms with van der Waals surface area (Å²) in [6.07, 6.45) is 0. The Bertz CT molecular complexity index is 1800. The van der Waals surface area contributed by atoms with Gasteiger partial charge in [-0.2, -0.15) is 0 Å². The van der Waals surface area contributed by atoms with Gasteiger partial charge in [0.25, 0.3) is 0 Å². The summed E-state index contributed by atoms with van der Waals surface area (Å²) in [6, 6.07) is 42.8. The number of furan rings is 1. The third kappa shape index (κ3) is 3.85. The molecule has 0 atom stereocenters. The predicted octanol–water partition coefficient (Wildman–Crippen LogP) is 8.44. The molecule has 0 radical (unpaired) electrons. The minimum atomic E-state index is 0.610. The molecule has 0 amide bonds. The van der Waals surface area contributed by atoms with Crippen molar-refractivity contribution < 1.29 is 4.42 Å². The average Bonchev–Trinajstić information content (AvgIpc) is 3.36. The van der Waals surface area contributed by atoms with Gasteiger partial charge >= 0.3 is 0 Å². The second kappa shape index (κ2) is 8.85. The first-order valence-corrected chi connectivity index (χ1v) is 12.2. The van der Waals surface area contributed by atoms with E-state index in [2.05, 4.69) is 42.5 Å². The van der Waals surface area contributed by atoms with Crippen LogP contribution in [-0.2, 0) is 0 Å². The number of nitrogens with zero attached hydrogens (tertiary/aromatic N) is 3. The molecular formula is C33H21N3O. The van der Waals surface area contributed by atoms with Crippen molar-refractivity contribution in [1.29, 1.82) is 0 Å². The molecule has 5 aromatic carbocycles. The second-order valence-corrected chi connectivity index (χ2v) is 8.90. The Labute approximate surface area is 213 Å². The SMILES string of the molecule is c1ccc(-c2nc(-c3ccccc3)nc(-c3ccc4c(c3)oc3cccc(-c5ccccc5)c34)n2)cc1. The molecular weight excluding hydrogens is 454 g/mol. The zero-order valence-electron chi connectivity index (χ0n) is 19.9. The fourth-order valence-corrected chi connectivity index (χ4v) is 4.76. The van der Waals surface area contributed by atoms with Gasteiger partial charge in [0.1, 0.15) is 11.2 Å². The predicted molar refractivity (Wildman–Crippen MR) is 149 cm³/mol. The van der Waals surface area contributed by atoms with Crippen molar-refractivity contribution in [2.75, 3.05) is 0 Å². The Morgan fingerprint density at radius 3 is 1.54 bits per heavy atom. The number of benzene rings is 5. The molecule has 0 bridgehead atoms. The number of hydrogen-bond acceptors (Lipinski definition) is 4. The summed E-state index contributed by atoms with van der Waals surface area (Å²) in [5.74, 6) is 1.89. The molecule has 0 saturated carbocycles. The van der Waals surface area contributed by atoms with Crippen LogP contribution in [0, 0.1) is 0 Å². The summed E-state index contributed by atoms with van der Waals surface area (Å²) in [6.45, 7) is 0. The van der Waals surface area contributed by atoms with E-state index in [0.717, 1.165) is 49.8 Å². The lowest BCUT2D eigenvalue weighted by molar-refractivity contribution is 0.669. The van der Waals surface area contributed by atoms with E-state index in [4.69, 9.17) is 19.4 Å². The largest absolute Gasteiger partial charge is 0.456 e. The Kier molecular flexibility index (Phi) is 5.07. The standard InChI is InChI=1S/C33H21N3O/c1-4-11-22(12-5-1)26-17-10-18-28-30(26)27-20-19-25(21-29(27)37-28)33-35-31(23-13-6-2-7-14-23)34-32(36-33)24-15-8-3-9-16-24/h1-21H. The first kappa shape index (κ1) is 21.2. The van der Waals surface area contributed by atoms with Crippen LogP contribution < -0.4 is 0 Å². The zero-order chi connectivity index (χ0) is 24.6. The van der Waals surface area contributed by atoms with Gasteiger partial charge in [0.05, 0.1) is 0 Å². The number of hydrogen-bond donors (Lipinski definition) is 0. The fourth-order valence-electron chi connectivity index (χ4n) is 4.76. The van der Waals surface area contributed by atoms with Crippen molar-refractivity contribution >= 4 is 21.9 Å². The van der Waals surface area contributed by atoms with E-state index < -0.39 is 0 Å². The highest BCUT2D eigenvalue weighted by atomic mass is 16.3. The van der Waals surface area contributed by atoms with Gasteiger partial charge in [0.15, 0.2) is 17.5 Å². The molecule has 0 spiro atoms. The van der Waals surface area contributed by atoms with Crippen LogP contribution >= 0.6 is 0 Å². The fraction of sp³-hybridized carbons (Fsp3) is 0. The lowest BCUT2D eigenvalue weighted by Crippen LogP contribution is -2.00. The minimum Gasteiger partial charge on any atom is -0.456 e. The van der Waals surface area contributed by atoms with E-state index >= 15 is 0 Å². The van der Waals surface area contributed by atoms with Crippen molar-refractivity contribution in [1.82, 2.24) is 15.0 Å². The molecule has 0 aliphatic carbocycles. The van der Waals surface area contributed by atoms with Gasteiger partial charge in [-0.05, 0) is 29.3 Å². The number of rotatable bonds is 4. The van der Waals surface area contributed by atoms with Gasteiger partial charge in [-0.1, -0.05) is 109 Å². The topological polar surface area (TPSA) is 51.8 Å². The van der Waals surface area contributed by atoms with Crippen molar-refractivity contribution in [2.24, 2.45) is 0 Å². The van der Waals surface area contributed by atoms with Crippen molar-refractivity contribution in [3.63, 3.8) is 0 Å². The van der Waals surface area contributed by atoms with E-state index in [-0.39, 0.29) is 0 Å². The van der Waals surface area contributed by atoms with Gasteiger partial charge < -0.3 is 4.42 Å². The highest BCUT2D eigenvalue weighted by molar-refractivity contribution is 6.12. The molecule has 4 nitrogen and oxygen atoms in total. The summed E-state index contributed by atoms with van der Waals surface area (Å²) in [5, 5.41) is 2.18. The minimum absolute atomic E-state index is 0.610. The Morgan fingerprint density at radius 1 is 0.405 bits per heavy atom. The Hall–Kier alpha value is -5.09. The first-order chi connectivity index (χ1) is 18.3. The van der Waals surface area contributed by atoms with Crippen LogP contribution in [-0.4, -0.2) is 15.0 Å². The van der Waals surface area contributed by atoms with Gasteiger partial charge in [-0.3, -0.25) is 0 Å². The maximum absolute atomic E-state index is 6.34. The maximum atomic E-state index is 6.34. The van der Waals surface area contributed by atoms with Crippen LogP contribution in [0.4, 0.5) is 0 Å². The molecule has 0 saturated heterocycles. The van der Waals surface area contributed by atoms with Crippen LogP contribution in [0.25, 0.3) is 67.2 Å². The summed E-state index contributed by atoms with van der Waals surface area (Å²) < 4.78 is 6.34. The normalized spacial score (nSPS) is 11.2. The molecule has 7 aromatic rings. The third-order valence-corrected chi connectivity index (χ3v) is 6.54. The second-order valence-electron chi connectivity index (χ2n) is 8.90. The highest BCUT2D eigenvalue weighted by Gasteiger charge is 2.16. The molecule has 0 fully saturated rings. The van der Waals surface area contributed by atoms with Crippen LogP contribution in [0.3, 0.4) is 0 Å². The average molecular weight is 476 g/mol. The van der Waals surface area contributed by atoms with Crippen LogP contribution in [0.5, 0.6) is 0 Å². The van der Waals surface area contributed by atoms with E-state index in [1.165, 1.54) is 0 Å². The molecule has 37 heavy (non-hydrogen) atoms. The smallest absolute Gasteiger partial charge is 0.164 e. The van der Waals surface area contributed by atoms with E-state index in [1.807, 2.05) is 84.9 Å². The summed E-state index contributed by atoms with van der Waals surface area (Å²) in [5.41, 5.74) is 6.75. The lowest BCUT2D eigenvalue weighted by Gasteiger charge is -2.08.